The van der Waals surface area contributed by atoms with Gasteiger partial charge in [-0.15, -0.1) is 0 Å². The lowest BCUT2D eigenvalue weighted by Crippen LogP contribution is -2.34. The minimum Gasteiger partial charge on any atom is -0.330 e. The first-order valence-corrected chi connectivity index (χ1v) is 9.21. The largest absolute Gasteiger partial charge is 0.330 e. The highest BCUT2D eigenvalue weighted by atomic mass is 32.2. The molecule has 6 nitrogen and oxygen atoms in total. The molecule has 2 N–H and O–H groups in total. The average molecular weight is 352 g/mol. The molecule has 1 atom stereocenters. The van der Waals surface area contributed by atoms with Gasteiger partial charge in [-0.3, -0.25) is 0 Å². The second-order valence-electron chi connectivity index (χ2n) is 6.68. The number of aromatic nitrogens is 2. The van der Waals surface area contributed by atoms with E-state index in [-0.39, 0.29) is 16.0 Å². The van der Waals surface area contributed by atoms with Gasteiger partial charge in [0.05, 0.1) is 11.1 Å². The third kappa shape index (κ3) is 2.97. The van der Waals surface area contributed by atoms with Crippen molar-refractivity contribution in [2.24, 2.45) is 11.1 Å². The molecule has 0 spiro atoms. The summed E-state index contributed by atoms with van der Waals surface area (Å²) in [4.78, 5) is -0.0473. The van der Waals surface area contributed by atoms with Crippen molar-refractivity contribution in [2.45, 2.75) is 25.2 Å². The summed E-state index contributed by atoms with van der Waals surface area (Å²) in [5.41, 5.74) is 6.62. The molecule has 1 saturated heterocycles. The van der Waals surface area contributed by atoms with Gasteiger partial charge < -0.3 is 5.73 Å². The van der Waals surface area contributed by atoms with Crippen LogP contribution >= 0.6 is 0 Å². The Labute approximate surface area is 141 Å². The summed E-state index contributed by atoms with van der Waals surface area (Å²) in [7, 11) is -3.73. The molecule has 8 heteroatoms. The van der Waals surface area contributed by atoms with Crippen molar-refractivity contribution in [1.29, 1.82) is 0 Å². The SMILES string of the molecule is Cc1cnn(-c2ccc(S(=O)(=O)N3CCC(C)(CN)C3)cc2F)c1. The third-order valence-electron chi connectivity index (χ3n) is 4.53. The lowest BCUT2D eigenvalue weighted by Gasteiger charge is -2.22. The van der Waals surface area contributed by atoms with E-state index in [4.69, 9.17) is 5.73 Å². The highest BCUT2D eigenvalue weighted by Crippen LogP contribution is 2.33. The van der Waals surface area contributed by atoms with Gasteiger partial charge in [-0.25, -0.2) is 17.5 Å². The summed E-state index contributed by atoms with van der Waals surface area (Å²) in [6.45, 7) is 4.99. The molecule has 1 aromatic carbocycles. The van der Waals surface area contributed by atoms with E-state index in [9.17, 15) is 12.8 Å². The third-order valence-corrected chi connectivity index (χ3v) is 6.37. The maximum atomic E-state index is 14.4. The standard InChI is InChI=1S/C16H21FN4O2S/c1-12-8-19-21(9-12)15-4-3-13(7-14(15)17)24(22,23)20-6-5-16(2,10-18)11-20/h3-4,7-9H,5-6,10-11,18H2,1-2H3. The van der Waals surface area contributed by atoms with Gasteiger partial charge in [-0.1, -0.05) is 6.92 Å². The van der Waals surface area contributed by atoms with Crippen LogP contribution in [0.5, 0.6) is 0 Å². The van der Waals surface area contributed by atoms with Crippen molar-refractivity contribution < 1.29 is 12.8 Å². The zero-order valence-electron chi connectivity index (χ0n) is 13.7. The fraction of sp³-hybridized carbons (Fsp3) is 0.438. The van der Waals surface area contributed by atoms with Gasteiger partial charge in [-0.2, -0.15) is 9.40 Å². The molecule has 1 aliphatic heterocycles. The van der Waals surface area contributed by atoms with Gasteiger partial charge in [0.15, 0.2) is 0 Å². The van der Waals surface area contributed by atoms with Crippen molar-refractivity contribution in [2.75, 3.05) is 19.6 Å². The Balaban J connectivity index is 1.91. The maximum absolute atomic E-state index is 14.4. The van der Waals surface area contributed by atoms with Crippen LogP contribution in [0.3, 0.4) is 0 Å². The molecule has 1 fully saturated rings. The van der Waals surface area contributed by atoms with Gasteiger partial charge in [0, 0.05) is 19.3 Å². The molecular weight excluding hydrogens is 331 g/mol. The van der Waals surface area contributed by atoms with Crippen LogP contribution in [0.15, 0.2) is 35.5 Å². The number of aryl methyl sites for hydroxylation is 1. The molecule has 3 rings (SSSR count). The van der Waals surface area contributed by atoms with Crippen LogP contribution in [0.2, 0.25) is 0 Å². The van der Waals surface area contributed by atoms with Crippen LogP contribution in [-0.2, 0) is 10.0 Å². The first-order chi connectivity index (χ1) is 11.2. The van der Waals surface area contributed by atoms with Crippen LogP contribution in [0, 0.1) is 18.2 Å². The zero-order valence-corrected chi connectivity index (χ0v) is 14.6. The quantitative estimate of drug-likeness (QED) is 0.908. The van der Waals surface area contributed by atoms with E-state index in [2.05, 4.69) is 5.10 Å². The Morgan fingerprint density at radius 2 is 2.17 bits per heavy atom. The monoisotopic (exact) mass is 352 g/mol. The van der Waals surface area contributed by atoms with Gasteiger partial charge >= 0.3 is 0 Å². The fourth-order valence-corrected chi connectivity index (χ4v) is 4.48. The lowest BCUT2D eigenvalue weighted by molar-refractivity contribution is 0.349. The summed E-state index contributed by atoms with van der Waals surface area (Å²) in [5.74, 6) is -0.625. The summed E-state index contributed by atoms with van der Waals surface area (Å²) in [6, 6.07) is 3.91. The van der Waals surface area contributed by atoms with E-state index in [1.807, 2.05) is 13.8 Å². The van der Waals surface area contributed by atoms with Gasteiger partial charge in [0.1, 0.15) is 11.5 Å². The Morgan fingerprint density at radius 3 is 2.71 bits per heavy atom. The molecule has 24 heavy (non-hydrogen) atoms. The van der Waals surface area contributed by atoms with Crippen LogP contribution in [0.1, 0.15) is 18.9 Å². The number of benzene rings is 1. The number of hydrogen-bond acceptors (Lipinski definition) is 4. The number of rotatable bonds is 4. The minimum absolute atomic E-state index is 0.0473. The second-order valence-corrected chi connectivity index (χ2v) is 8.62. The second kappa shape index (κ2) is 5.94. The average Bonchev–Trinajstić information content (AvgIpc) is 3.14. The molecule has 0 aliphatic carbocycles. The number of sulfonamides is 1. The molecule has 0 amide bonds. The van der Waals surface area contributed by atoms with Crippen LogP contribution in [-0.4, -0.2) is 42.1 Å². The summed E-state index contributed by atoms with van der Waals surface area (Å²) >= 11 is 0. The number of hydrogen-bond donors (Lipinski definition) is 1. The van der Waals surface area contributed by atoms with Crippen molar-refractivity contribution in [3.63, 3.8) is 0 Å². The predicted octanol–water partition coefficient (Wildman–Crippen LogP) is 1.68. The molecule has 1 unspecified atom stereocenters. The van der Waals surface area contributed by atoms with E-state index < -0.39 is 15.8 Å². The summed E-state index contributed by atoms with van der Waals surface area (Å²) < 4.78 is 42.7. The fourth-order valence-electron chi connectivity index (χ4n) is 2.88. The summed E-state index contributed by atoms with van der Waals surface area (Å²) in [6.07, 6.45) is 4.00. The molecule has 2 aromatic rings. The number of nitrogens with zero attached hydrogens (tertiary/aromatic N) is 3. The van der Waals surface area contributed by atoms with E-state index in [0.29, 0.717) is 26.1 Å². The molecule has 0 saturated carbocycles. The van der Waals surface area contributed by atoms with Crippen LogP contribution in [0.25, 0.3) is 5.69 Å². The van der Waals surface area contributed by atoms with E-state index in [0.717, 1.165) is 11.6 Å². The molecular formula is C16H21FN4O2S. The first kappa shape index (κ1) is 17.1. The highest BCUT2D eigenvalue weighted by Gasteiger charge is 2.39. The lowest BCUT2D eigenvalue weighted by atomic mass is 9.90. The van der Waals surface area contributed by atoms with E-state index >= 15 is 0 Å². The molecule has 1 aromatic heterocycles. The topological polar surface area (TPSA) is 81.2 Å². The normalized spacial score (nSPS) is 22.2. The molecule has 130 valence electrons. The van der Waals surface area contributed by atoms with Crippen LogP contribution < -0.4 is 5.73 Å². The van der Waals surface area contributed by atoms with Crippen molar-refractivity contribution in [3.8, 4) is 5.69 Å². The zero-order chi connectivity index (χ0) is 17.5. The van der Waals surface area contributed by atoms with Crippen molar-refractivity contribution in [3.05, 3.63) is 42.0 Å². The van der Waals surface area contributed by atoms with Crippen molar-refractivity contribution >= 4 is 10.0 Å². The summed E-state index contributed by atoms with van der Waals surface area (Å²) in [5, 5.41) is 4.05. The van der Waals surface area contributed by atoms with Gasteiger partial charge in [0.2, 0.25) is 10.0 Å². The minimum atomic E-state index is -3.73. The highest BCUT2D eigenvalue weighted by molar-refractivity contribution is 7.89. The van der Waals surface area contributed by atoms with Crippen LogP contribution in [0.4, 0.5) is 4.39 Å². The Kier molecular flexibility index (Phi) is 4.23. The molecule has 0 radical (unpaired) electrons. The van der Waals surface area contributed by atoms with Gasteiger partial charge in [0.25, 0.3) is 0 Å². The number of nitrogens with two attached hydrogens (primary N) is 1. The van der Waals surface area contributed by atoms with E-state index in [1.165, 1.54) is 21.1 Å². The predicted molar refractivity (Wildman–Crippen MR) is 88.8 cm³/mol. The van der Waals surface area contributed by atoms with Crippen molar-refractivity contribution in [1.82, 2.24) is 14.1 Å². The number of halogens is 1. The molecule has 2 heterocycles. The smallest absolute Gasteiger partial charge is 0.243 e. The Hall–Kier alpha value is -1.77. The molecule has 0 bridgehead atoms. The Bertz CT molecular complexity index is 865. The van der Waals surface area contributed by atoms with Gasteiger partial charge in [-0.05, 0) is 49.1 Å². The first-order valence-electron chi connectivity index (χ1n) is 7.77. The Morgan fingerprint density at radius 1 is 1.42 bits per heavy atom. The van der Waals surface area contributed by atoms with E-state index in [1.54, 1.807) is 12.4 Å². The molecule has 1 aliphatic rings. The maximum Gasteiger partial charge on any atom is 0.243 e.